The molecule has 1 amide bonds. The van der Waals surface area contributed by atoms with Gasteiger partial charge in [0, 0.05) is 5.69 Å². The summed E-state index contributed by atoms with van der Waals surface area (Å²) < 4.78 is 56.7. The van der Waals surface area contributed by atoms with E-state index >= 15 is 0 Å². The normalized spacial score (nSPS) is 11.0. The van der Waals surface area contributed by atoms with Crippen LogP contribution in [-0.2, 0) is 19.6 Å². The maximum Gasteiger partial charge on any atom is 0.341 e. The van der Waals surface area contributed by atoms with Crippen LogP contribution in [0, 0.1) is 11.6 Å². The Balaban J connectivity index is 2.04. The second kappa shape index (κ2) is 8.02. The van der Waals surface area contributed by atoms with Gasteiger partial charge in [0.25, 0.3) is 5.91 Å². The van der Waals surface area contributed by atoms with Crippen LogP contribution in [0.5, 0.6) is 0 Å². The number of nitrogens with one attached hydrogen (secondary N) is 2. The molecule has 0 aromatic heterocycles. The minimum atomic E-state index is -3.88. The van der Waals surface area contributed by atoms with Crippen molar-refractivity contribution in [2.24, 2.45) is 0 Å². The minimum Gasteiger partial charge on any atom is -0.452 e. The van der Waals surface area contributed by atoms with E-state index in [1.807, 2.05) is 4.72 Å². The lowest BCUT2D eigenvalue weighted by Gasteiger charge is -2.08. The quantitative estimate of drug-likeness (QED) is 0.738. The smallest absolute Gasteiger partial charge is 0.341 e. The molecule has 2 aromatic rings. The molecule has 0 radical (unpaired) electrons. The van der Waals surface area contributed by atoms with E-state index in [-0.39, 0.29) is 10.6 Å². The van der Waals surface area contributed by atoms with Crippen LogP contribution >= 0.6 is 0 Å². The number of anilines is 1. The number of ether oxygens (including phenoxy) is 1. The summed E-state index contributed by atoms with van der Waals surface area (Å²) in [6.07, 6.45) is 0. The molecule has 0 spiro atoms. The fourth-order valence-corrected chi connectivity index (χ4v) is 2.64. The lowest BCUT2D eigenvalue weighted by molar-refractivity contribution is -0.119. The molecule has 0 atom stereocenters. The van der Waals surface area contributed by atoms with Gasteiger partial charge < -0.3 is 10.1 Å². The number of carbonyl (C=O) groups excluding carboxylic acids is 2. The summed E-state index contributed by atoms with van der Waals surface area (Å²) in [5.74, 6) is -3.42. The highest BCUT2D eigenvalue weighted by atomic mass is 32.2. The third kappa shape index (κ3) is 4.83. The number of benzene rings is 2. The summed E-state index contributed by atoms with van der Waals surface area (Å²) in [7, 11) is -2.72. The third-order valence-corrected chi connectivity index (χ3v) is 4.61. The maximum atomic E-state index is 13.8. The van der Waals surface area contributed by atoms with Crippen LogP contribution in [0.2, 0.25) is 0 Å². The van der Waals surface area contributed by atoms with E-state index in [0.29, 0.717) is 0 Å². The summed E-state index contributed by atoms with van der Waals surface area (Å²) in [5.41, 5.74) is -0.350. The fourth-order valence-electron chi connectivity index (χ4n) is 1.88. The molecule has 0 saturated heterocycles. The summed E-state index contributed by atoms with van der Waals surface area (Å²) in [6.45, 7) is -0.737. The van der Waals surface area contributed by atoms with Crippen LogP contribution in [0.4, 0.5) is 14.5 Å². The van der Waals surface area contributed by atoms with E-state index in [1.54, 1.807) is 0 Å². The molecule has 7 nitrogen and oxygen atoms in total. The maximum absolute atomic E-state index is 13.8. The molecule has 10 heteroatoms. The van der Waals surface area contributed by atoms with Gasteiger partial charge in [-0.3, -0.25) is 4.79 Å². The largest absolute Gasteiger partial charge is 0.452 e. The van der Waals surface area contributed by atoms with Gasteiger partial charge in [-0.1, -0.05) is 0 Å². The highest BCUT2D eigenvalue weighted by molar-refractivity contribution is 7.89. The number of esters is 1. The van der Waals surface area contributed by atoms with Gasteiger partial charge in [0.1, 0.15) is 11.6 Å². The number of hydrogen-bond donors (Lipinski definition) is 2. The second-order valence-corrected chi connectivity index (χ2v) is 6.87. The summed E-state index contributed by atoms with van der Waals surface area (Å²) >= 11 is 0. The highest BCUT2D eigenvalue weighted by Crippen LogP contribution is 2.16. The second-order valence-electron chi connectivity index (χ2n) is 4.98. The first-order valence-electron chi connectivity index (χ1n) is 7.18. The van der Waals surface area contributed by atoms with Gasteiger partial charge in [-0.2, -0.15) is 0 Å². The van der Waals surface area contributed by atoms with Crippen molar-refractivity contribution in [1.82, 2.24) is 4.72 Å². The molecule has 0 bridgehead atoms. The highest BCUT2D eigenvalue weighted by Gasteiger charge is 2.20. The first kappa shape index (κ1) is 19.5. The molecule has 2 N–H and O–H groups in total. The lowest BCUT2D eigenvalue weighted by atomic mass is 10.2. The van der Waals surface area contributed by atoms with Crippen LogP contribution in [0.15, 0.2) is 47.4 Å². The molecule has 2 aromatic carbocycles. The Morgan fingerprint density at radius 2 is 1.73 bits per heavy atom. The Morgan fingerprint density at radius 3 is 2.35 bits per heavy atom. The molecule has 0 aliphatic heterocycles. The predicted molar refractivity (Wildman–Crippen MR) is 88.0 cm³/mol. The number of amides is 1. The summed E-state index contributed by atoms with van der Waals surface area (Å²) in [5, 5.41) is 2.35. The fraction of sp³-hybridized carbons (Fsp3) is 0.125. The van der Waals surface area contributed by atoms with Crippen LogP contribution in [-0.4, -0.2) is 33.9 Å². The van der Waals surface area contributed by atoms with Gasteiger partial charge in [0.15, 0.2) is 6.61 Å². The molecule has 0 aliphatic carbocycles. The van der Waals surface area contributed by atoms with E-state index in [0.717, 1.165) is 37.4 Å². The SMILES string of the molecule is CNS(=O)(=O)c1ccc(F)c(C(=O)OCC(=O)Nc2ccc(F)cc2)c1. The average molecular weight is 384 g/mol. The van der Waals surface area contributed by atoms with Crippen molar-refractivity contribution >= 4 is 27.6 Å². The Bertz CT molecular complexity index is 930. The average Bonchev–Trinajstić information content (AvgIpc) is 2.62. The van der Waals surface area contributed by atoms with Gasteiger partial charge in [0.05, 0.1) is 10.5 Å². The van der Waals surface area contributed by atoms with Gasteiger partial charge >= 0.3 is 5.97 Å². The number of rotatable bonds is 6. The van der Waals surface area contributed by atoms with E-state index in [9.17, 15) is 26.8 Å². The van der Waals surface area contributed by atoms with E-state index in [1.165, 1.54) is 12.1 Å². The summed E-state index contributed by atoms with van der Waals surface area (Å²) in [4.78, 5) is 23.3. The van der Waals surface area contributed by atoms with Crippen molar-refractivity contribution in [3.63, 3.8) is 0 Å². The number of sulfonamides is 1. The number of hydrogen-bond acceptors (Lipinski definition) is 5. The first-order valence-corrected chi connectivity index (χ1v) is 8.67. The first-order chi connectivity index (χ1) is 12.2. The van der Waals surface area contributed by atoms with Crippen molar-refractivity contribution in [2.45, 2.75) is 4.90 Å². The van der Waals surface area contributed by atoms with Crippen molar-refractivity contribution < 1.29 is 31.5 Å². The van der Waals surface area contributed by atoms with E-state index < -0.39 is 45.7 Å². The number of halogens is 2. The topological polar surface area (TPSA) is 102 Å². The van der Waals surface area contributed by atoms with E-state index in [4.69, 9.17) is 0 Å². The molecule has 0 heterocycles. The zero-order chi connectivity index (χ0) is 19.3. The summed E-state index contributed by atoms with van der Waals surface area (Å²) in [6, 6.07) is 7.47. The van der Waals surface area contributed by atoms with Crippen LogP contribution in [0.1, 0.15) is 10.4 Å². The van der Waals surface area contributed by atoms with Crippen molar-refractivity contribution in [2.75, 3.05) is 19.0 Å². The lowest BCUT2D eigenvalue weighted by Crippen LogP contribution is -2.22. The Hall–Kier alpha value is -2.85. The van der Waals surface area contributed by atoms with E-state index in [2.05, 4.69) is 10.1 Å². The molecule has 26 heavy (non-hydrogen) atoms. The molecule has 0 aliphatic rings. The van der Waals surface area contributed by atoms with Crippen molar-refractivity contribution in [3.05, 3.63) is 59.7 Å². The van der Waals surface area contributed by atoms with Crippen LogP contribution < -0.4 is 10.0 Å². The molecule has 0 fully saturated rings. The zero-order valence-electron chi connectivity index (χ0n) is 13.5. The minimum absolute atomic E-state index is 0.278. The third-order valence-electron chi connectivity index (χ3n) is 3.20. The Labute approximate surface area is 148 Å². The monoisotopic (exact) mass is 384 g/mol. The van der Waals surface area contributed by atoms with Crippen molar-refractivity contribution in [3.8, 4) is 0 Å². The predicted octanol–water partition coefficient (Wildman–Crippen LogP) is 1.67. The molecular formula is C16H14F2N2O5S. The number of carbonyl (C=O) groups is 2. The molecular weight excluding hydrogens is 370 g/mol. The standard InChI is InChI=1S/C16H14F2N2O5S/c1-19-26(23,24)12-6-7-14(18)13(8-12)16(22)25-9-15(21)20-11-4-2-10(17)3-5-11/h2-8,19H,9H2,1H3,(H,20,21). The van der Waals surface area contributed by atoms with Gasteiger partial charge in [0.2, 0.25) is 10.0 Å². The van der Waals surface area contributed by atoms with Crippen molar-refractivity contribution in [1.29, 1.82) is 0 Å². The molecule has 0 unspecified atom stereocenters. The van der Waals surface area contributed by atoms with Crippen LogP contribution in [0.3, 0.4) is 0 Å². The van der Waals surface area contributed by atoms with Gasteiger partial charge in [-0.15, -0.1) is 0 Å². The zero-order valence-corrected chi connectivity index (χ0v) is 14.3. The molecule has 0 saturated carbocycles. The Kier molecular flexibility index (Phi) is 6.01. The Morgan fingerprint density at radius 1 is 1.08 bits per heavy atom. The van der Waals surface area contributed by atoms with Gasteiger partial charge in [-0.25, -0.2) is 26.7 Å². The molecule has 2 rings (SSSR count). The molecule has 138 valence electrons. The van der Waals surface area contributed by atoms with Gasteiger partial charge in [-0.05, 0) is 49.5 Å². The van der Waals surface area contributed by atoms with Crippen LogP contribution in [0.25, 0.3) is 0 Å².